The molecule has 1 atom stereocenters. The fourth-order valence-corrected chi connectivity index (χ4v) is 3.14. The van der Waals surface area contributed by atoms with Crippen molar-refractivity contribution in [3.63, 3.8) is 0 Å². The highest BCUT2D eigenvalue weighted by atomic mass is 32.2. The molecule has 1 saturated carbocycles. The van der Waals surface area contributed by atoms with Crippen LogP contribution in [0.3, 0.4) is 0 Å². The molecule has 0 bridgehead atoms. The minimum Gasteiger partial charge on any atom is -0.384 e. The summed E-state index contributed by atoms with van der Waals surface area (Å²) in [5.74, 6) is 0.122. The quantitative estimate of drug-likeness (QED) is 0.730. The molecule has 0 aliphatic heterocycles. The number of methoxy groups -OCH3 is 1. The highest BCUT2D eigenvalue weighted by molar-refractivity contribution is 7.92. The van der Waals surface area contributed by atoms with Crippen LogP contribution in [0.15, 0.2) is 0 Å². The molecule has 4 nitrogen and oxygen atoms in total. The smallest absolute Gasteiger partial charge is 0.156 e. The van der Waals surface area contributed by atoms with Crippen LogP contribution in [0.2, 0.25) is 0 Å². The monoisotopic (exact) mass is 249 g/mol. The second-order valence-corrected chi connectivity index (χ2v) is 7.10. The van der Waals surface area contributed by atoms with E-state index >= 15 is 0 Å². The molecule has 0 aromatic carbocycles. The van der Waals surface area contributed by atoms with E-state index in [1.165, 1.54) is 32.8 Å². The predicted molar refractivity (Wildman–Crippen MR) is 65.4 cm³/mol. The SMILES string of the molecule is COCCS(=O)(=O)C(C)CNC1CCCC1. The van der Waals surface area contributed by atoms with Gasteiger partial charge >= 0.3 is 0 Å². The number of rotatable bonds is 7. The van der Waals surface area contributed by atoms with Gasteiger partial charge in [-0.15, -0.1) is 0 Å². The van der Waals surface area contributed by atoms with Crippen LogP contribution in [0.1, 0.15) is 32.6 Å². The van der Waals surface area contributed by atoms with Gasteiger partial charge in [0.2, 0.25) is 0 Å². The first kappa shape index (κ1) is 13.9. The Morgan fingerprint density at radius 2 is 2.00 bits per heavy atom. The molecular formula is C11H23NO3S. The Labute approximate surface area is 98.7 Å². The summed E-state index contributed by atoms with van der Waals surface area (Å²) in [5, 5.41) is 3.03. The Bertz CT molecular complexity index is 284. The zero-order valence-corrected chi connectivity index (χ0v) is 11.1. The van der Waals surface area contributed by atoms with Crippen molar-refractivity contribution in [3.05, 3.63) is 0 Å². The Morgan fingerprint density at radius 1 is 1.38 bits per heavy atom. The van der Waals surface area contributed by atoms with Crippen molar-refractivity contribution in [2.24, 2.45) is 0 Å². The lowest BCUT2D eigenvalue weighted by molar-refractivity contribution is 0.217. The Hall–Kier alpha value is -0.130. The highest BCUT2D eigenvalue weighted by Crippen LogP contribution is 2.17. The van der Waals surface area contributed by atoms with Crippen LogP contribution in [0, 0.1) is 0 Å². The topological polar surface area (TPSA) is 55.4 Å². The largest absolute Gasteiger partial charge is 0.384 e. The average molecular weight is 249 g/mol. The number of hydrogen-bond donors (Lipinski definition) is 1. The van der Waals surface area contributed by atoms with Gasteiger partial charge in [0.15, 0.2) is 9.84 Å². The van der Waals surface area contributed by atoms with Crippen molar-refractivity contribution in [2.45, 2.75) is 43.9 Å². The molecule has 16 heavy (non-hydrogen) atoms. The first-order valence-electron chi connectivity index (χ1n) is 6.00. The first-order valence-corrected chi connectivity index (χ1v) is 7.71. The van der Waals surface area contributed by atoms with Gasteiger partial charge in [0.05, 0.1) is 17.6 Å². The Kier molecular flexibility index (Phi) is 5.72. The molecule has 1 rings (SSSR count). The van der Waals surface area contributed by atoms with Crippen LogP contribution in [0.25, 0.3) is 0 Å². The average Bonchev–Trinajstić information content (AvgIpc) is 2.75. The van der Waals surface area contributed by atoms with E-state index in [1.807, 2.05) is 0 Å². The van der Waals surface area contributed by atoms with E-state index in [9.17, 15) is 8.42 Å². The van der Waals surface area contributed by atoms with Crippen molar-refractivity contribution in [1.29, 1.82) is 0 Å². The van der Waals surface area contributed by atoms with Gasteiger partial charge in [-0.05, 0) is 19.8 Å². The molecule has 0 amide bonds. The summed E-state index contributed by atoms with van der Waals surface area (Å²) < 4.78 is 28.4. The maximum absolute atomic E-state index is 11.8. The third-order valence-corrected chi connectivity index (χ3v) is 5.36. The van der Waals surface area contributed by atoms with Gasteiger partial charge in [-0.3, -0.25) is 0 Å². The van der Waals surface area contributed by atoms with Crippen LogP contribution < -0.4 is 5.32 Å². The van der Waals surface area contributed by atoms with E-state index < -0.39 is 9.84 Å². The zero-order chi connectivity index (χ0) is 12.0. The molecule has 96 valence electrons. The lowest BCUT2D eigenvalue weighted by Gasteiger charge is -2.17. The second-order valence-electron chi connectivity index (χ2n) is 4.56. The van der Waals surface area contributed by atoms with Gasteiger partial charge in [0.1, 0.15) is 0 Å². The molecule has 1 unspecified atom stereocenters. The Balaban J connectivity index is 2.29. The number of sulfone groups is 1. The standard InChI is InChI=1S/C11H23NO3S/c1-10(16(13,14)8-7-15-2)9-12-11-5-3-4-6-11/h10-12H,3-9H2,1-2H3. The fraction of sp³-hybridized carbons (Fsp3) is 1.00. The molecule has 5 heteroatoms. The summed E-state index contributed by atoms with van der Waals surface area (Å²) >= 11 is 0. The summed E-state index contributed by atoms with van der Waals surface area (Å²) in [6, 6.07) is 0.528. The summed E-state index contributed by atoms with van der Waals surface area (Å²) in [6.45, 7) is 2.62. The molecule has 0 spiro atoms. The molecular weight excluding hydrogens is 226 g/mol. The van der Waals surface area contributed by atoms with Gasteiger partial charge in [0.25, 0.3) is 0 Å². The highest BCUT2D eigenvalue weighted by Gasteiger charge is 2.22. The van der Waals surface area contributed by atoms with Gasteiger partial charge < -0.3 is 10.1 Å². The third-order valence-electron chi connectivity index (χ3n) is 3.23. The third kappa shape index (κ3) is 4.39. The molecule has 1 N–H and O–H groups in total. The lowest BCUT2D eigenvalue weighted by Crippen LogP contribution is -2.37. The van der Waals surface area contributed by atoms with Gasteiger partial charge in [-0.25, -0.2) is 8.42 Å². The predicted octanol–water partition coefficient (Wildman–Crippen LogP) is 0.968. The van der Waals surface area contributed by atoms with E-state index in [4.69, 9.17) is 4.74 Å². The molecule has 1 aliphatic rings. The van der Waals surface area contributed by atoms with Crippen LogP contribution in [0.5, 0.6) is 0 Å². The summed E-state index contributed by atoms with van der Waals surface area (Å²) in [4.78, 5) is 0. The summed E-state index contributed by atoms with van der Waals surface area (Å²) in [6.07, 6.45) is 4.90. The molecule has 0 heterocycles. The molecule has 1 aliphatic carbocycles. The minimum absolute atomic E-state index is 0.122. The number of ether oxygens (including phenoxy) is 1. The van der Waals surface area contributed by atoms with Gasteiger partial charge in [-0.2, -0.15) is 0 Å². The molecule has 0 aromatic heterocycles. The molecule has 1 fully saturated rings. The Morgan fingerprint density at radius 3 is 2.56 bits per heavy atom. The summed E-state index contributed by atoms with van der Waals surface area (Å²) in [5.41, 5.74) is 0. The number of nitrogens with one attached hydrogen (secondary N) is 1. The van der Waals surface area contributed by atoms with Gasteiger partial charge in [-0.1, -0.05) is 12.8 Å². The van der Waals surface area contributed by atoms with E-state index in [2.05, 4.69) is 5.32 Å². The van der Waals surface area contributed by atoms with Crippen LogP contribution in [0.4, 0.5) is 0 Å². The van der Waals surface area contributed by atoms with Gasteiger partial charge in [0, 0.05) is 19.7 Å². The van der Waals surface area contributed by atoms with Crippen LogP contribution in [-0.4, -0.2) is 45.7 Å². The molecule has 0 saturated heterocycles. The normalized spacial score (nSPS) is 20.1. The van der Waals surface area contributed by atoms with E-state index in [0.29, 0.717) is 12.6 Å². The van der Waals surface area contributed by atoms with Crippen molar-refractivity contribution in [2.75, 3.05) is 26.0 Å². The van der Waals surface area contributed by atoms with Crippen LogP contribution in [-0.2, 0) is 14.6 Å². The maximum Gasteiger partial charge on any atom is 0.156 e. The van der Waals surface area contributed by atoms with Crippen molar-refractivity contribution in [1.82, 2.24) is 5.32 Å². The van der Waals surface area contributed by atoms with E-state index in [-0.39, 0.29) is 17.6 Å². The fourth-order valence-electron chi connectivity index (χ4n) is 1.99. The maximum atomic E-state index is 11.8. The van der Waals surface area contributed by atoms with E-state index in [1.54, 1.807) is 6.92 Å². The van der Waals surface area contributed by atoms with Crippen molar-refractivity contribution in [3.8, 4) is 0 Å². The summed E-state index contributed by atoms with van der Waals surface area (Å²) in [7, 11) is -1.48. The first-order chi connectivity index (χ1) is 7.56. The lowest BCUT2D eigenvalue weighted by atomic mass is 10.2. The van der Waals surface area contributed by atoms with E-state index in [0.717, 1.165) is 0 Å². The molecule has 0 radical (unpaired) electrons. The van der Waals surface area contributed by atoms with Crippen LogP contribution >= 0.6 is 0 Å². The number of hydrogen-bond acceptors (Lipinski definition) is 4. The molecule has 0 aromatic rings. The second kappa shape index (κ2) is 6.57. The van der Waals surface area contributed by atoms with Crippen molar-refractivity contribution >= 4 is 9.84 Å². The zero-order valence-electron chi connectivity index (χ0n) is 10.2. The minimum atomic E-state index is -3.00. The van der Waals surface area contributed by atoms with Crippen molar-refractivity contribution < 1.29 is 13.2 Å².